The summed E-state index contributed by atoms with van der Waals surface area (Å²) in [6.45, 7) is 2.21. The Hall–Kier alpha value is -5.22. The normalized spacial score (nSPS) is 19.9. The first-order valence-corrected chi connectivity index (χ1v) is 19.6. The highest BCUT2D eigenvalue weighted by atomic mass is 16.5. The summed E-state index contributed by atoms with van der Waals surface area (Å²) in [4.78, 5) is 55.9. The molecule has 10 nitrogen and oxygen atoms in total. The van der Waals surface area contributed by atoms with Crippen molar-refractivity contribution in [2.75, 3.05) is 31.6 Å². The molecule has 3 aromatic carbocycles. The number of hydrogen-bond acceptors (Lipinski definition) is 5. The number of aromatic nitrogens is 1. The maximum Gasteiger partial charge on any atom is 0.328 e. The van der Waals surface area contributed by atoms with Gasteiger partial charge in [-0.05, 0) is 91.0 Å². The molecule has 2 aliphatic heterocycles. The smallest absolute Gasteiger partial charge is 0.328 e. The SMILES string of the molecule is O=C(O)C=Cc1ccc(NC(=O)C2(NC(=O)c3ccc4c(C5CCCCC5)c(-c5ccccc5)n5c4c3CCC5C(=O)N3CCOCC3)CCCC2)cc1. The Morgan fingerprint density at radius 2 is 1.56 bits per heavy atom. The van der Waals surface area contributed by atoms with Crippen LogP contribution in [0.4, 0.5) is 5.69 Å². The number of carbonyl (C=O) groups is 4. The van der Waals surface area contributed by atoms with Crippen LogP contribution in [0.25, 0.3) is 28.2 Å². The fourth-order valence-electron chi connectivity index (χ4n) is 9.38. The van der Waals surface area contributed by atoms with E-state index in [-0.39, 0.29) is 17.7 Å². The summed E-state index contributed by atoms with van der Waals surface area (Å²) >= 11 is 0. The molecular formula is C44H48N4O6. The molecule has 3 amide bonds. The van der Waals surface area contributed by atoms with E-state index >= 15 is 0 Å². The molecule has 0 bridgehead atoms. The van der Waals surface area contributed by atoms with E-state index in [2.05, 4.69) is 45.5 Å². The van der Waals surface area contributed by atoms with Gasteiger partial charge in [-0.25, -0.2) is 4.79 Å². The quantitative estimate of drug-likeness (QED) is 0.153. The molecule has 4 aliphatic rings. The molecular weight excluding hydrogens is 681 g/mol. The minimum atomic E-state index is -1.07. The highest BCUT2D eigenvalue weighted by molar-refractivity contribution is 6.08. The number of nitrogens with one attached hydrogen (secondary N) is 2. The lowest BCUT2D eigenvalue weighted by Gasteiger charge is -2.35. The van der Waals surface area contributed by atoms with Gasteiger partial charge >= 0.3 is 5.97 Å². The van der Waals surface area contributed by atoms with Gasteiger partial charge in [-0.15, -0.1) is 0 Å². The highest BCUT2D eigenvalue weighted by Crippen LogP contribution is 2.49. The lowest BCUT2D eigenvalue weighted by atomic mass is 9.81. The van der Waals surface area contributed by atoms with E-state index in [0.717, 1.165) is 59.5 Å². The molecule has 4 aromatic rings. The fourth-order valence-corrected chi connectivity index (χ4v) is 9.38. The van der Waals surface area contributed by atoms with Gasteiger partial charge in [0.1, 0.15) is 11.6 Å². The molecule has 1 aromatic heterocycles. The number of amides is 3. The molecule has 8 rings (SSSR count). The van der Waals surface area contributed by atoms with Crippen LogP contribution in [0.5, 0.6) is 0 Å². The third-order valence-electron chi connectivity index (χ3n) is 12.0. The van der Waals surface area contributed by atoms with Crippen molar-refractivity contribution in [2.45, 2.75) is 88.1 Å². The van der Waals surface area contributed by atoms with Crippen LogP contribution in [0.1, 0.15) is 103 Å². The number of carbonyl (C=O) groups excluding carboxylic acids is 3. The molecule has 280 valence electrons. The number of ether oxygens (including phenoxy) is 1. The highest BCUT2D eigenvalue weighted by Gasteiger charge is 2.44. The van der Waals surface area contributed by atoms with Crippen molar-refractivity contribution in [3.8, 4) is 11.3 Å². The summed E-state index contributed by atoms with van der Waals surface area (Å²) in [6, 6.07) is 21.0. The van der Waals surface area contributed by atoms with Crippen LogP contribution in [0.3, 0.4) is 0 Å². The van der Waals surface area contributed by atoms with Crippen LogP contribution >= 0.6 is 0 Å². The number of carboxylic acids is 1. The average Bonchev–Trinajstić information content (AvgIpc) is 3.83. The molecule has 0 spiro atoms. The number of hydrogen-bond donors (Lipinski definition) is 3. The van der Waals surface area contributed by atoms with Crippen molar-refractivity contribution >= 4 is 46.4 Å². The number of aliphatic carboxylic acids is 1. The topological polar surface area (TPSA) is 130 Å². The second-order valence-corrected chi connectivity index (χ2v) is 15.3. The van der Waals surface area contributed by atoms with Crippen molar-refractivity contribution in [3.05, 3.63) is 95.1 Å². The summed E-state index contributed by atoms with van der Waals surface area (Å²) in [5.41, 5.74) is 6.14. The van der Waals surface area contributed by atoms with Gasteiger partial charge in [0.2, 0.25) is 11.8 Å². The van der Waals surface area contributed by atoms with Crippen LogP contribution in [-0.2, 0) is 25.5 Å². The third kappa shape index (κ3) is 6.83. The number of aryl methyl sites for hydroxylation is 1. The molecule has 1 unspecified atom stereocenters. The van der Waals surface area contributed by atoms with Gasteiger partial charge in [-0.1, -0.05) is 80.6 Å². The number of rotatable bonds is 9. The van der Waals surface area contributed by atoms with E-state index in [9.17, 15) is 19.2 Å². The molecule has 3 fully saturated rings. The zero-order chi connectivity index (χ0) is 37.2. The second-order valence-electron chi connectivity index (χ2n) is 15.3. The summed E-state index contributed by atoms with van der Waals surface area (Å²) in [5, 5.41) is 16.3. The van der Waals surface area contributed by atoms with Crippen LogP contribution in [0.15, 0.2) is 72.8 Å². The maximum absolute atomic E-state index is 14.6. The molecule has 54 heavy (non-hydrogen) atoms. The Bertz CT molecular complexity index is 2080. The summed E-state index contributed by atoms with van der Waals surface area (Å²) < 4.78 is 7.90. The van der Waals surface area contributed by atoms with Crippen molar-refractivity contribution in [1.29, 1.82) is 0 Å². The number of benzene rings is 3. The number of anilines is 1. The summed E-state index contributed by atoms with van der Waals surface area (Å²) in [6.07, 6.45) is 12.2. The number of morpholine rings is 1. The Morgan fingerprint density at radius 1 is 0.833 bits per heavy atom. The first-order valence-electron chi connectivity index (χ1n) is 19.6. The molecule has 3 N–H and O–H groups in total. The van der Waals surface area contributed by atoms with E-state index < -0.39 is 17.6 Å². The van der Waals surface area contributed by atoms with E-state index in [1.807, 2.05) is 17.0 Å². The molecule has 1 saturated heterocycles. The Balaban J connectivity index is 1.19. The van der Waals surface area contributed by atoms with E-state index in [4.69, 9.17) is 9.84 Å². The molecule has 2 aliphatic carbocycles. The van der Waals surface area contributed by atoms with Gasteiger partial charge in [0.05, 0.1) is 24.4 Å². The average molecular weight is 729 g/mol. The molecule has 1 atom stereocenters. The molecule has 2 saturated carbocycles. The van der Waals surface area contributed by atoms with E-state index in [1.165, 1.54) is 30.9 Å². The third-order valence-corrected chi connectivity index (χ3v) is 12.0. The molecule has 0 radical (unpaired) electrons. The predicted molar refractivity (Wildman–Crippen MR) is 208 cm³/mol. The Labute approximate surface area is 315 Å². The van der Waals surface area contributed by atoms with Gasteiger partial charge in [-0.3, -0.25) is 14.4 Å². The molecule has 3 heterocycles. The van der Waals surface area contributed by atoms with Gasteiger partial charge in [0.25, 0.3) is 5.91 Å². The zero-order valence-corrected chi connectivity index (χ0v) is 30.6. The predicted octanol–water partition coefficient (Wildman–Crippen LogP) is 7.48. The first kappa shape index (κ1) is 35.8. The van der Waals surface area contributed by atoms with Crippen molar-refractivity contribution in [3.63, 3.8) is 0 Å². The number of carboxylic acid groups (broad SMARTS) is 1. The Morgan fingerprint density at radius 3 is 2.26 bits per heavy atom. The Kier molecular flexibility index (Phi) is 10.1. The van der Waals surface area contributed by atoms with Crippen LogP contribution < -0.4 is 10.6 Å². The standard InChI is InChI=1S/C44H48N4O6/c49-37(50)22-15-29-13-16-32(17-14-29)45-43(53)44(23-7-8-24-44)46-41(51)34-18-19-35-38(30-9-3-1-4-10-30)39(31-11-5-2-6-12-31)48-36(21-20-33(34)40(35)48)42(52)47-25-27-54-28-26-47/h2,5-6,11-19,22,30,36H,1,3-4,7-10,20-21,23-28H2,(H,45,53)(H,46,51)(H,49,50). The zero-order valence-electron chi connectivity index (χ0n) is 30.6. The van der Waals surface area contributed by atoms with Gasteiger partial charge in [0, 0.05) is 35.8 Å². The van der Waals surface area contributed by atoms with Crippen molar-refractivity contribution in [1.82, 2.24) is 14.8 Å². The van der Waals surface area contributed by atoms with E-state index in [0.29, 0.717) is 74.7 Å². The van der Waals surface area contributed by atoms with Gasteiger partial charge in [-0.2, -0.15) is 0 Å². The van der Waals surface area contributed by atoms with Crippen LogP contribution in [0, 0.1) is 0 Å². The largest absolute Gasteiger partial charge is 0.478 e. The maximum atomic E-state index is 14.6. The lowest BCUT2D eigenvalue weighted by Crippen LogP contribution is -2.55. The lowest BCUT2D eigenvalue weighted by molar-refractivity contribution is -0.139. The van der Waals surface area contributed by atoms with Gasteiger partial charge < -0.3 is 29.9 Å². The summed E-state index contributed by atoms with van der Waals surface area (Å²) in [7, 11) is 0. The fraction of sp³-hybridized carbons (Fsp3) is 0.409. The van der Waals surface area contributed by atoms with Gasteiger partial charge in [0.15, 0.2) is 0 Å². The van der Waals surface area contributed by atoms with Crippen LogP contribution in [0.2, 0.25) is 0 Å². The monoisotopic (exact) mass is 728 g/mol. The van der Waals surface area contributed by atoms with Crippen LogP contribution in [-0.4, -0.2) is 70.1 Å². The van der Waals surface area contributed by atoms with E-state index in [1.54, 1.807) is 24.3 Å². The minimum absolute atomic E-state index is 0.107. The van der Waals surface area contributed by atoms with Crippen molar-refractivity contribution in [2.24, 2.45) is 0 Å². The first-order chi connectivity index (χ1) is 26.3. The molecule has 10 heteroatoms. The number of nitrogens with zero attached hydrogens (tertiary/aromatic N) is 2. The van der Waals surface area contributed by atoms with Crippen molar-refractivity contribution < 1.29 is 29.0 Å². The minimum Gasteiger partial charge on any atom is -0.478 e. The summed E-state index contributed by atoms with van der Waals surface area (Å²) in [5.74, 6) is -1.10. The second kappa shape index (κ2) is 15.3.